The molecule has 5 atom stereocenters. The first kappa shape index (κ1) is 36.7. The van der Waals surface area contributed by atoms with E-state index >= 15 is 0 Å². The minimum absolute atomic E-state index is 0.00886. The number of nitrogens with one attached hydrogen (secondary N) is 3. The maximum Gasteiger partial charge on any atom is 0.239 e. The monoisotopic (exact) mass is 602 g/mol. The number of rotatable bonds is 12. The van der Waals surface area contributed by atoms with E-state index in [1.54, 1.807) is 6.08 Å². The molecule has 0 bridgehead atoms. The quantitative estimate of drug-likeness (QED) is 0.217. The van der Waals surface area contributed by atoms with E-state index < -0.39 is 12.1 Å². The van der Waals surface area contributed by atoms with Crippen LogP contribution >= 0.6 is 0 Å². The molecule has 43 heavy (non-hydrogen) atoms. The van der Waals surface area contributed by atoms with Gasteiger partial charge in [-0.25, -0.2) is 0 Å². The third kappa shape index (κ3) is 12.6. The van der Waals surface area contributed by atoms with Crippen molar-refractivity contribution in [1.82, 2.24) is 20.9 Å². The van der Waals surface area contributed by atoms with Gasteiger partial charge in [0.1, 0.15) is 0 Å². The van der Waals surface area contributed by atoms with Crippen molar-refractivity contribution in [1.29, 1.82) is 0 Å². The van der Waals surface area contributed by atoms with Crippen molar-refractivity contribution in [2.45, 2.75) is 116 Å². The smallest absolute Gasteiger partial charge is 0.239 e. The van der Waals surface area contributed by atoms with Crippen LogP contribution < -0.4 is 16.0 Å². The van der Waals surface area contributed by atoms with Crippen LogP contribution in [0.1, 0.15) is 91.9 Å². The second kappa shape index (κ2) is 18.3. The first-order chi connectivity index (χ1) is 20.5. The number of likely N-dealkylation sites (tertiary alicyclic amines) is 1. The van der Waals surface area contributed by atoms with Gasteiger partial charge in [-0.15, -0.1) is 0 Å². The van der Waals surface area contributed by atoms with Gasteiger partial charge >= 0.3 is 0 Å². The highest BCUT2D eigenvalue weighted by Crippen LogP contribution is 2.39. The van der Waals surface area contributed by atoms with Crippen LogP contribution in [0.2, 0.25) is 0 Å². The fourth-order valence-electron chi connectivity index (χ4n) is 6.75. The summed E-state index contributed by atoms with van der Waals surface area (Å²) in [6.07, 6.45) is 16.3. The van der Waals surface area contributed by atoms with Crippen LogP contribution in [-0.4, -0.2) is 83.3 Å². The molecule has 9 heteroatoms. The van der Waals surface area contributed by atoms with Crippen LogP contribution in [0, 0.1) is 17.8 Å². The third-order valence-electron chi connectivity index (χ3n) is 8.85. The Balaban J connectivity index is 0.00000316. The molecule has 1 heterocycles. The van der Waals surface area contributed by atoms with E-state index in [0.29, 0.717) is 24.8 Å². The van der Waals surface area contributed by atoms with Gasteiger partial charge in [0.25, 0.3) is 0 Å². The Kier molecular flexibility index (Phi) is 15.7. The Labute approximate surface area is 259 Å². The Morgan fingerprint density at radius 3 is 2.23 bits per heavy atom. The van der Waals surface area contributed by atoms with Gasteiger partial charge in [0.05, 0.1) is 24.7 Å². The number of carbonyl (C=O) groups excluding carboxylic acids is 3. The molecule has 3 aliphatic rings. The van der Waals surface area contributed by atoms with E-state index in [1.807, 2.05) is 45.9 Å². The number of aliphatic hydroxyl groups is 2. The molecule has 244 valence electrons. The number of fused-ring (bicyclic) bond motifs is 1. The molecule has 0 aromatic rings. The summed E-state index contributed by atoms with van der Waals surface area (Å²) in [5.74, 6) is 0.679. The van der Waals surface area contributed by atoms with Crippen LogP contribution in [0.3, 0.4) is 0 Å². The second-order valence-corrected chi connectivity index (χ2v) is 13.5. The Hall–Kier alpha value is -2.49. The van der Waals surface area contributed by atoms with Crippen LogP contribution in [-0.2, 0) is 14.4 Å². The van der Waals surface area contributed by atoms with Gasteiger partial charge in [-0.3, -0.25) is 19.3 Å². The van der Waals surface area contributed by atoms with Crippen LogP contribution in [0.5, 0.6) is 0 Å². The summed E-state index contributed by atoms with van der Waals surface area (Å²) >= 11 is 0. The van der Waals surface area contributed by atoms with Crippen molar-refractivity contribution in [2.24, 2.45) is 17.8 Å². The zero-order valence-electron chi connectivity index (χ0n) is 27.2. The predicted molar refractivity (Wildman–Crippen MR) is 172 cm³/mol. The maximum absolute atomic E-state index is 13.4. The lowest BCUT2D eigenvalue weighted by atomic mass is 9.72. The van der Waals surface area contributed by atoms with E-state index in [4.69, 9.17) is 5.11 Å². The Morgan fingerprint density at radius 2 is 1.60 bits per heavy atom. The fourth-order valence-corrected chi connectivity index (χ4v) is 6.75. The summed E-state index contributed by atoms with van der Waals surface area (Å²) in [5.41, 5.74) is 0.654. The van der Waals surface area contributed by atoms with Crippen molar-refractivity contribution >= 4 is 17.7 Å². The van der Waals surface area contributed by atoms with Gasteiger partial charge in [0, 0.05) is 31.7 Å². The van der Waals surface area contributed by atoms with Crippen LogP contribution in [0.15, 0.2) is 36.5 Å². The van der Waals surface area contributed by atoms with Crippen molar-refractivity contribution in [2.75, 3.05) is 26.7 Å². The molecule has 3 rings (SSSR count). The van der Waals surface area contributed by atoms with Gasteiger partial charge in [0.15, 0.2) is 0 Å². The number of carbonyl (C=O) groups is 3. The number of hydrogen-bond donors (Lipinski definition) is 5. The molecule has 0 radical (unpaired) electrons. The van der Waals surface area contributed by atoms with Gasteiger partial charge in [0.2, 0.25) is 17.7 Å². The standard InChI is InChI=1S/C33H54N4O4.CH4O/c1-6-7-8-13-23(2)18-27(35-30(39)20-34-31(40)24-14-9-10-15-24)29(38)22-37-21-26-17-12-11-16-25(26)19-28(37)32(41)36-33(3,4)5;1-2/h6-8,13,24-29,38H,1,9-12,14-22H2,2-5H3,(H,34,40)(H,35,39)(H,36,41);2H,1H3/b8-7-,23-13+;. The van der Waals surface area contributed by atoms with Gasteiger partial charge in [-0.05, 0) is 71.6 Å². The topological polar surface area (TPSA) is 131 Å². The van der Waals surface area contributed by atoms with Gasteiger partial charge in [-0.1, -0.05) is 68.6 Å². The van der Waals surface area contributed by atoms with Gasteiger partial charge < -0.3 is 26.2 Å². The molecule has 0 aromatic carbocycles. The first-order valence-corrected chi connectivity index (χ1v) is 16.2. The molecule has 5 N–H and O–H groups in total. The van der Waals surface area contributed by atoms with E-state index in [2.05, 4.69) is 27.4 Å². The highest BCUT2D eigenvalue weighted by Gasteiger charge is 2.41. The SMILES string of the molecule is C=C/C=C\C=C(/C)CC(NC(=O)CNC(=O)C1CCCC1)C(O)CN1CC2CCCCC2CC1C(=O)NC(C)(C)C.CO. The summed E-state index contributed by atoms with van der Waals surface area (Å²) in [6, 6.07) is -0.868. The molecule has 1 saturated heterocycles. The zero-order chi connectivity index (χ0) is 32.0. The number of nitrogens with zero attached hydrogens (tertiary/aromatic N) is 1. The second-order valence-electron chi connectivity index (χ2n) is 13.5. The number of amides is 3. The van der Waals surface area contributed by atoms with Crippen LogP contribution in [0.25, 0.3) is 0 Å². The van der Waals surface area contributed by atoms with E-state index in [9.17, 15) is 19.5 Å². The number of allylic oxidation sites excluding steroid dienone is 4. The highest BCUT2D eigenvalue weighted by molar-refractivity contribution is 5.86. The maximum atomic E-state index is 13.4. The predicted octanol–water partition coefficient (Wildman–Crippen LogP) is 3.62. The lowest BCUT2D eigenvalue weighted by Gasteiger charge is -2.47. The summed E-state index contributed by atoms with van der Waals surface area (Å²) in [6.45, 7) is 12.6. The normalized spacial score (nSPS) is 24.7. The Morgan fingerprint density at radius 1 is 0.977 bits per heavy atom. The molecule has 0 spiro atoms. The molecule has 3 fully saturated rings. The number of piperidine rings is 1. The molecule has 3 amide bonds. The third-order valence-corrected chi connectivity index (χ3v) is 8.85. The van der Waals surface area contributed by atoms with Crippen molar-refractivity contribution in [3.05, 3.63) is 36.5 Å². The molecular weight excluding hydrogens is 544 g/mol. The molecule has 9 nitrogen and oxygen atoms in total. The van der Waals surface area contributed by atoms with Crippen molar-refractivity contribution in [3.63, 3.8) is 0 Å². The molecule has 5 unspecified atom stereocenters. The lowest BCUT2D eigenvalue weighted by molar-refractivity contribution is -0.133. The summed E-state index contributed by atoms with van der Waals surface area (Å²) < 4.78 is 0. The largest absolute Gasteiger partial charge is 0.400 e. The van der Waals surface area contributed by atoms with Crippen molar-refractivity contribution in [3.8, 4) is 0 Å². The van der Waals surface area contributed by atoms with Crippen molar-refractivity contribution < 1.29 is 24.6 Å². The molecule has 1 aliphatic heterocycles. The number of hydrogen-bond acceptors (Lipinski definition) is 6. The Bertz CT molecular complexity index is 966. The van der Waals surface area contributed by atoms with E-state index in [-0.39, 0.29) is 41.8 Å². The molecule has 2 aliphatic carbocycles. The van der Waals surface area contributed by atoms with E-state index in [0.717, 1.165) is 64.2 Å². The highest BCUT2D eigenvalue weighted by atomic mass is 16.3. The zero-order valence-corrected chi connectivity index (χ0v) is 27.2. The fraction of sp³-hybridized carbons (Fsp3) is 0.735. The minimum atomic E-state index is -0.888. The summed E-state index contributed by atoms with van der Waals surface area (Å²) in [4.78, 5) is 41.0. The molecule has 2 saturated carbocycles. The summed E-state index contributed by atoms with van der Waals surface area (Å²) in [7, 11) is 1.00. The lowest BCUT2D eigenvalue weighted by Crippen LogP contribution is -2.60. The van der Waals surface area contributed by atoms with Crippen LogP contribution in [0.4, 0.5) is 0 Å². The average Bonchev–Trinajstić information content (AvgIpc) is 3.51. The molecular formula is C34H58N4O5. The average molecular weight is 603 g/mol. The molecule has 0 aromatic heterocycles. The summed E-state index contributed by atoms with van der Waals surface area (Å²) in [5, 5.41) is 27.5. The number of β-amino-alcohol motifs (C(OH)–C–C–N with tert-alkyl or cyclic N) is 1. The minimum Gasteiger partial charge on any atom is -0.400 e. The first-order valence-electron chi connectivity index (χ1n) is 16.2. The van der Waals surface area contributed by atoms with Gasteiger partial charge in [-0.2, -0.15) is 0 Å². The van der Waals surface area contributed by atoms with E-state index in [1.165, 1.54) is 12.8 Å². The number of aliphatic hydroxyl groups excluding tert-OH is 2.